The van der Waals surface area contributed by atoms with Crippen LogP contribution in [0.1, 0.15) is 13.8 Å². The Balaban J connectivity index is 2.06. The average molecular weight is 356 g/mol. The maximum atomic E-state index is 11.8. The van der Waals surface area contributed by atoms with Crippen LogP contribution in [0.25, 0.3) is 0 Å². The fraction of sp³-hybridized carbons (Fsp3) is 0.263. The molecule has 2 rings (SSSR count). The van der Waals surface area contributed by atoms with Crippen molar-refractivity contribution in [3.8, 4) is 11.5 Å². The van der Waals surface area contributed by atoms with Gasteiger partial charge in [-0.1, -0.05) is 18.2 Å². The van der Waals surface area contributed by atoms with E-state index in [1.165, 1.54) is 0 Å². The number of hydrogen-bond acceptors (Lipinski definition) is 7. The lowest BCUT2D eigenvalue weighted by Gasteiger charge is -2.09. The highest BCUT2D eigenvalue weighted by Gasteiger charge is 2.29. The quantitative estimate of drug-likeness (QED) is 0.404. The molecule has 0 bridgehead atoms. The molecule has 136 valence electrons. The van der Waals surface area contributed by atoms with Gasteiger partial charge < -0.3 is 14.2 Å². The van der Waals surface area contributed by atoms with Crippen molar-refractivity contribution >= 4 is 17.6 Å². The number of rotatable bonds is 8. The van der Waals surface area contributed by atoms with Gasteiger partial charge in [0.2, 0.25) is 0 Å². The lowest BCUT2D eigenvalue weighted by atomic mass is 10.3. The second kappa shape index (κ2) is 9.93. The van der Waals surface area contributed by atoms with E-state index in [1.807, 2.05) is 30.3 Å². The van der Waals surface area contributed by atoms with Crippen LogP contribution in [0.5, 0.6) is 11.5 Å². The molecular weight excluding hydrogens is 336 g/mol. The minimum atomic E-state index is -1.44. The van der Waals surface area contributed by atoms with Crippen molar-refractivity contribution in [3.05, 3.63) is 54.6 Å². The minimum Gasteiger partial charge on any atom is -0.464 e. The number of benzene rings is 2. The maximum absolute atomic E-state index is 11.8. The Hall–Kier alpha value is -3.22. The van der Waals surface area contributed by atoms with Crippen LogP contribution in [0.15, 0.2) is 64.8 Å². The molecule has 0 fully saturated rings. The van der Waals surface area contributed by atoms with Gasteiger partial charge in [-0.15, -0.1) is 0 Å². The zero-order valence-corrected chi connectivity index (χ0v) is 14.6. The Morgan fingerprint density at radius 2 is 1.38 bits per heavy atom. The van der Waals surface area contributed by atoms with E-state index in [1.54, 1.807) is 38.1 Å². The van der Waals surface area contributed by atoms with Crippen molar-refractivity contribution < 1.29 is 23.8 Å². The van der Waals surface area contributed by atoms with Gasteiger partial charge in [0.05, 0.1) is 18.9 Å². The smallest absolute Gasteiger partial charge is 0.344 e. The highest BCUT2D eigenvalue weighted by atomic mass is 16.6. The SMILES string of the molecule is CCOC(=O)C(N=Nc1ccc(Oc2ccccc2)cc1)C(=O)OCC. The Morgan fingerprint density at radius 3 is 1.92 bits per heavy atom. The zero-order chi connectivity index (χ0) is 18.8. The van der Waals surface area contributed by atoms with Crippen LogP contribution in [0.4, 0.5) is 5.69 Å². The van der Waals surface area contributed by atoms with E-state index < -0.39 is 18.0 Å². The Morgan fingerprint density at radius 1 is 0.846 bits per heavy atom. The Labute approximate surface area is 151 Å². The molecule has 0 atom stereocenters. The van der Waals surface area contributed by atoms with Crippen molar-refractivity contribution in [2.45, 2.75) is 19.9 Å². The van der Waals surface area contributed by atoms with Crippen molar-refractivity contribution in [1.82, 2.24) is 0 Å². The summed E-state index contributed by atoms with van der Waals surface area (Å²) in [7, 11) is 0. The van der Waals surface area contributed by atoms with Gasteiger partial charge in [0, 0.05) is 0 Å². The first-order valence-corrected chi connectivity index (χ1v) is 8.21. The summed E-state index contributed by atoms with van der Waals surface area (Å²) < 4.78 is 15.3. The van der Waals surface area contributed by atoms with E-state index in [9.17, 15) is 9.59 Å². The van der Waals surface area contributed by atoms with Gasteiger partial charge in [-0.2, -0.15) is 10.2 Å². The first-order chi connectivity index (χ1) is 12.6. The standard InChI is InChI=1S/C19H20N2O5/c1-3-24-18(22)17(19(23)25-4-2)21-20-14-10-12-16(13-11-14)26-15-8-6-5-7-9-15/h5-13,17H,3-4H2,1-2H3. The lowest BCUT2D eigenvalue weighted by molar-refractivity contribution is -0.156. The Kier molecular flexibility index (Phi) is 7.30. The van der Waals surface area contributed by atoms with Crippen molar-refractivity contribution in [1.29, 1.82) is 0 Å². The van der Waals surface area contributed by atoms with Gasteiger partial charge >= 0.3 is 11.9 Å². The summed E-state index contributed by atoms with van der Waals surface area (Å²) in [6.45, 7) is 3.55. The van der Waals surface area contributed by atoms with Crippen LogP contribution in [0.2, 0.25) is 0 Å². The topological polar surface area (TPSA) is 86.5 Å². The number of hydrogen-bond donors (Lipinski definition) is 0. The largest absolute Gasteiger partial charge is 0.464 e. The van der Waals surface area contributed by atoms with Gasteiger partial charge in [-0.05, 0) is 50.2 Å². The molecule has 7 heteroatoms. The molecule has 0 amide bonds. The number of carbonyl (C=O) groups is 2. The van der Waals surface area contributed by atoms with Crippen LogP contribution < -0.4 is 4.74 Å². The van der Waals surface area contributed by atoms with Gasteiger partial charge in [-0.25, -0.2) is 9.59 Å². The zero-order valence-electron chi connectivity index (χ0n) is 14.6. The van der Waals surface area contributed by atoms with Gasteiger partial charge in [0.1, 0.15) is 11.5 Å². The van der Waals surface area contributed by atoms with Crippen LogP contribution >= 0.6 is 0 Å². The average Bonchev–Trinajstić information content (AvgIpc) is 2.64. The molecule has 2 aromatic rings. The summed E-state index contributed by atoms with van der Waals surface area (Å²) in [4.78, 5) is 23.7. The summed E-state index contributed by atoms with van der Waals surface area (Å²) in [5.74, 6) is -0.244. The third-order valence-electron chi connectivity index (χ3n) is 3.12. The first kappa shape index (κ1) is 19.1. The summed E-state index contributed by atoms with van der Waals surface area (Å²) in [5.41, 5.74) is 0.462. The minimum absolute atomic E-state index is 0.135. The van der Waals surface area contributed by atoms with Gasteiger partial charge in [-0.3, -0.25) is 0 Å². The molecule has 0 saturated carbocycles. The van der Waals surface area contributed by atoms with E-state index in [4.69, 9.17) is 14.2 Å². The first-order valence-electron chi connectivity index (χ1n) is 8.21. The van der Waals surface area contributed by atoms with E-state index in [0.717, 1.165) is 0 Å². The van der Waals surface area contributed by atoms with E-state index in [0.29, 0.717) is 17.2 Å². The highest BCUT2D eigenvalue weighted by Crippen LogP contribution is 2.24. The molecule has 0 radical (unpaired) electrons. The van der Waals surface area contributed by atoms with Crippen molar-refractivity contribution in [3.63, 3.8) is 0 Å². The lowest BCUT2D eigenvalue weighted by Crippen LogP contribution is -2.31. The summed E-state index contributed by atoms with van der Waals surface area (Å²) in [6, 6.07) is 14.7. The van der Waals surface area contributed by atoms with Crippen LogP contribution in [0.3, 0.4) is 0 Å². The maximum Gasteiger partial charge on any atom is 0.344 e. The molecule has 0 saturated heterocycles. The van der Waals surface area contributed by atoms with E-state index in [-0.39, 0.29) is 13.2 Å². The molecule has 7 nitrogen and oxygen atoms in total. The molecule has 0 aromatic heterocycles. The molecule has 0 aliphatic rings. The van der Waals surface area contributed by atoms with Gasteiger partial charge in [0.15, 0.2) is 0 Å². The molecule has 0 N–H and O–H groups in total. The molecule has 0 heterocycles. The molecule has 2 aromatic carbocycles. The summed E-state index contributed by atoms with van der Waals surface area (Å²) >= 11 is 0. The third kappa shape index (κ3) is 5.70. The van der Waals surface area contributed by atoms with Crippen molar-refractivity contribution in [2.75, 3.05) is 13.2 Å². The second-order valence-electron chi connectivity index (χ2n) is 5.03. The van der Waals surface area contributed by atoms with Crippen molar-refractivity contribution in [2.24, 2.45) is 10.2 Å². The second-order valence-corrected chi connectivity index (χ2v) is 5.03. The van der Waals surface area contributed by atoms with Gasteiger partial charge in [0.25, 0.3) is 6.04 Å². The molecule has 0 unspecified atom stereocenters. The number of ether oxygens (including phenoxy) is 3. The molecule has 0 aliphatic carbocycles. The summed E-state index contributed by atoms with van der Waals surface area (Å²) in [5, 5.41) is 7.71. The predicted octanol–water partition coefficient (Wildman–Crippen LogP) is 4.06. The predicted molar refractivity (Wildman–Crippen MR) is 94.5 cm³/mol. The number of esters is 2. The molecule has 0 spiro atoms. The van der Waals surface area contributed by atoms with Crippen LogP contribution in [-0.4, -0.2) is 31.2 Å². The van der Waals surface area contributed by atoms with Crippen LogP contribution in [0, 0.1) is 0 Å². The number of azo groups is 1. The number of para-hydroxylation sites is 1. The molecular formula is C19H20N2O5. The normalized spacial score (nSPS) is 10.7. The third-order valence-corrected chi connectivity index (χ3v) is 3.12. The number of nitrogens with zero attached hydrogens (tertiary/aromatic N) is 2. The van der Waals surface area contributed by atoms with Crippen LogP contribution in [-0.2, 0) is 19.1 Å². The monoisotopic (exact) mass is 356 g/mol. The molecule has 0 aliphatic heterocycles. The summed E-state index contributed by atoms with van der Waals surface area (Å²) in [6.07, 6.45) is 0. The number of carbonyl (C=O) groups excluding carboxylic acids is 2. The van der Waals surface area contributed by atoms with E-state index >= 15 is 0 Å². The Bertz CT molecular complexity index is 726. The fourth-order valence-electron chi connectivity index (χ4n) is 1.96. The van der Waals surface area contributed by atoms with E-state index in [2.05, 4.69) is 10.2 Å². The highest BCUT2D eigenvalue weighted by molar-refractivity contribution is 5.99. The fourth-order valence-corrected chi connectivity index (χ4v) is 1.96. The molecule has 26 heavy (non-hydrogen) atoms.